The lowest BCUT2D eigenvalue weighted by Gasteiger charge is -2.18. The van der Waals surface area contributed by atoms with Gasteiger partial charge in [-0.25, -0.2) is 4.79 Å². The molecule has 1 aliphatic rings. The molecule has 1 saturated heterocycles. The fourth-order valence-corrected chi connectivity index (χ4v) is 4.09. The number of thioether (sulfide) groups is 1. The standard InChI is InChI=1S/C23H21ClN2O6S/c1-13-4-7-16(8-5-13)25-20(27)12-32-18-9-6-15(10-17(18)24)11-19-21(28)26(23(30)33-19)14(2)22(29)31-3/h4-11,14H,12H2,1-3H3,(H,25,27)/b19-11+/t14-/m1/s1. The van der Waals surface area contributed by atoms with Gasteiger partial charge in [0, 0.05) is 5.69 Å². The number of amides is 3. The summed E-state index contributed by atoms with van der Waals surface area (Å²) in [5, 5.41) is 2.40. The predicted octanol–water partition coefficient (Wildman–Crippen LogP) is 4.26. The number of ether oxygens (including phenoxy) is 2. The first-order valence-corrected chi connectivity index (χ1v) is 11.0. The molecule has 1 heterocycles. The Morgan fingerprint density at radius 3 is 2.52 bits per heavy atom. The molecule has 3 rings (SSSR count). The number of rotatable bonds is 7. The maximum absolute atomic E-state index is 12.6. The Balaban J connectivity index is 1.64. The summed E-state index contributed by atoms with van der Waals surface area (Å²) in [6.45, 7) is 3.13. The van der Waals surface area contributed by atoms with E-state index >= 15 is 0 Å². The summed E-state index contributed by atoms with van der Waals surface area (Å²) in [6, 6.07) is 11.1. The zero-order valence-electron chi connectivity index (χ0n) is 18.1. The average Bonchev–Trinajstić information content (AvgIpc) is 3.06. The highest BCUT2D eigenvalue weighted by atomic mass is 35.5. The summed E-state index contributed by atoms with van der Waals surface area (Å²) in [5.74, 6) is -1.32. The van der Waals surface area contributed by atoms with Crippen molar-refractivity contribution in [2.24, 2.45) is 0 Å². The molecular weight excluding hydrogens is 468 g/mol. The number of hydrogen-bond acceptors (Lipinski definition) is 7. The molecule has 1 fully saturated rings. The van der Waals surface area contributed by atoms with Gasteiger partial charge in [-0.3, -0.25) is 19.3 Å². The van der Waals surface area contributed by atoms with Crippen molar-refractivity contribution in [3.8, 4) is 5.75 Å². The average molecular weight is 489 g/mol. The number of esters is 1. The first-order valence-electron chi connectivity index (χ1n) is 9.83. The van der Waals surface area contributed by atoms with Crippen LogP contribution in [0.15, 0.2) is 47.4 Å². The largest absolute Gasteiger partial charge is 0.482 e. The van der Waals surface area contributed by atoms with Crippen molar-refractivity contribution in [3.05, 3.63) is 63.5 Å². The van der Waals surface area contributed by atoms with E-state index in [4.69, 9.17) is 16.3 Å². The topological polar surface area (TPSA) is 102 Å². The van der Waals surface area contributed by atoms with Gasteiger partial charge in [0.25, 0.3) is 17.1 Å². The highest BCUT2D eigenvalue weighted by molar-refractivity contribution is 8.18. The summed E-state index contributed by atoms with van der Waals surface area (Å²) in [4.78, 5) is 49.6. The number of benzene rings is 2. The van der Waals surface area contributed by atoms with Crippen LogP contribution in [0, 0.1) is 6.92 Å². The van der Waals surface area contributed by atoms with E-state index in [2.05, 4.69) is 10.1 Å². The molecule has 1 atom stereocenters. The second kappa shape index (κ2) is 10.5. The van der Waals surface area contributed by atoms with Gasteiger partial charge in [-0.15, -0.1) is 0 Å². The molecule has 172 valence electrons. The number of hydrogen-bond donors (Lipinski definition) is 1. The first-order chi connectivity index (χ1) is 15.7. The third-order valence-electron chi connectivity index (χ3n) is 4.70. The zero-order chi connectivity index (χ0) is 24.1. The van der Waals surface area contributed by atoms with Crippen LogP contribution in [-0.4, -0.2) is 47.7 Å². The van der Waals surface area contributed by atoms with Crippen LogP contribution in [0.5, 0.6) is 5.75 Å². The Morgan fingerprint density at radius 1 is 1.18 bits per heavy atom. The fraction of sp³-hybridized carbons (Fsp3) is 0.217. The van der Waals surface area contributed by atoms with E-state index in [9.17, 15) is 19.2 Å². The van der Waals surface area contributed by atoms with Gasteiger partial charge in [0.05, 0.1) is 17.0 Å². The minimum Gasteiger partial charge on any atom is -0.482 e. The summed E-state index contributed by atoms with van der Waals surface area (Å²) < 4.78 is 10.1. The molecule has 0 spiro atoms. The molecule has 0 unspecified atom stereocenters. The van der Waals surface area contributed by atoms with Gasteiger partial charge in [0.1, 0.15) is 11.8 Å². The quantitative estimate of drug-likeness (QED) is 0.458. The molecule has 0 saturated carbocycles. The molecule has 8 nitrogen and oxygen atoms in total. The highest BCUT2D eigenvalue weighted by Gasteiger charge is 2.41. The molecule has 2 aromatic carbocycles. The molecular formula is C23H21ClN2O6S. The molecule has 2 aromatic rings. The van der Waals surface area contributed by atoms with E-state index in [0.29, 0.717) is 17.0 Å². The fourth-order valence-electron chi connectivity index (χ4n) is 2.94. The third-order valence-corrected chi connectivity index (χ3v) is 5.88. The van der Waals surface area contributed by atoms with Crippen LogP contribution in [0.4, 0.5) is 10.5 Å². The Labute approximate surface area is 199 Å². The Kier molecular flexibility index (Phi) is 7.78. The molecule has 0 radical (unpaired) electrons. The van der Waals surface area contributed by atoms with E-state index in [1.807, 2.05) is 19.1 Å². The molecule has 33 heavy (non-hydrogen) atoms. The van der Waals surface area contributed by atoms with Crippen molar-refractivity contribution < 1.29 is 28.7 Å². The zero-order valence-corrected chi connectivity index (χ0v) is 19.7. The minimum atomic E-state index is -1.03. The molecule has 0 aromatic heterocycles. The van der Waals surface area contributed by atoms with E-state index in [1.165, 1.54) is 20.1 Å². The molecule has 3 amide bonds. The first kappa shape index (κ1) is 24.3. The van der Waals surface area contributed by atoms with Crippen molar-refractivity contribution in [2.75, 3.05) is 19.0 Å². The lowest BCUT2D eigenvalue weighted by Crippen LogP contribution is -2.42. The third kappa shape index (κ3) is 5.94. The van der Waals surface area contributed by atoms with Gasteiger partial charge in [0.2, 0.25) is 0 Å². The normalized spacial score (nSPS) is 15.5. The maximum atomic E-state index is 12.6. The lowest BCUT2D eigenvalue weighted by atomic mass is 10.2. The number of anilines is 1. The monoisotopic (exact) mass is 488 g/mol. The number of nitrogens with one attached hydrogen (secondary N) is 1. The number of imide groups is 1. The van der Waals surface area contributed by atoms with Crippen LogP contribution < -0.4 is 10.1 Å². The van der Waals surface area contributed by atoms with Crippen molar-refractivity contribution in [1.82, 2.24) is 4.90 Å². The second-order valence-corrected chi connectivity index (χ2v) is 8.54. The van der Waals surface area contributed by atoms with E-state index in [-0.39, 0.29) is 22.4 Å². The molecule has 0 aliphatic carbocycles. The van der Waals surface area contributed by atoms with Crippen LogP contribution in [0.3, 0.4) is 0 Å². The van der Waals surface area contributed by atoms with Crippen molar-refractivity contribution in [3.63, 3.8) is 0 Å². The number of methoxy groups -OCH3 is 1. The molecule has 1 N–H and O–H groups in total. The highest BCUT2D eigenvalue weighted by Crippen LogP contribution is 2.35. The van der Waals surface area contributed by atoms with Crippen LogP contribution in [0.25, 0.3) is 6.08 Å². The Hall–Kier alpha value is -3.30. The molecule has 1 aliphatic heterocycles. The van der Waals surface area contributed by atoms with Crippen molar-refractivity contribution >= 4 is 58.1 Å². The summed E-state index contributed by atoms with van der Waals surface area (Å²) in [7, 11) is 1.19. The number of carbonyl (C=O) groups is 4. The van der Waals surface area contributed by atoms with E-state index in [1.54, 1.807) is 30.3 Å². The van der Waals surface area contributed by atoms with Gasteiger partial charge in [-0.1, -0.05) is 35.4 Å². The van der Waals surface area contributed by atoms with Gasteiger partial charge in [0.15, 0.2) is 6.61 Å². The Bertz CT molecular complexity index is 1130. The molecule has 10 heteroatoms. The van der Waals surface area contributed by atoms with Crippen LogP contribution in [0.1, 0.15) is 18.1 Å². The van der Waals surface area contributed by atoms with Crippen LogP contribution >= 0.6 is 23.4 Å². The van der Waals surface area contributed by atoms with Gasteiger partial charge >= 0.3 is 5.97 Å². The van der Waals surface area contributed by atoms with Gasteiger partial charge in [-0.2, -0.15) is 0 Å². The van der Waals surface area contributed by atoms with Crippen LogP contribution in [-0.2, 0) is 19.1 Å². The number of aryl methyl sites for hydroxylation is 1. The second-order valence-electron chi connectivity index (χ2n) is 7.14. The van der Waals surface area contributed by atoms with E-state index < -0.39 is 23.2 Å². The lowest BCUT2D eigenvalue weighted by molar-refractivity contribution is -0.148. The van der Waals surface area contributed by atoms with Crippen molar-refractivity contribution in [1.29, 1.82) is 0 Å². The van der Waals surface area contributed by atoms with E-state index in [0.717, 1.165) is 22.2 Å². The summed E-state index contributed by atoms with van der Waals surface area (Å²) in [5.41, 5.74) is 2.29. The summed E-state index contributed by atoms with van der Waals surface area (Å²) in [6.07, 6.45) is 1.49. The SMILES string of the molecule is COC(=O)[C@@H](C)N1C(=O)S/C(=C/c2ccc(OCC(=O)Nc3ccc(C)cc3)c(Cl)c2)C1=O. The smallest absolute Gasteiger partial charge is 0.328 e. The number of nitrogens with zero attached hydrogens (tertiary/aromatic N) is 1. The van der Waals surface area contributed by atoms with Gasteiger partial charge in [-0.05, 0) is 61.5 Å². The summed E-state index contributed by atoms with van der Waals surface area (Å²) >= 11 is 6.99. The Morgan fingerprint density at radius 2 is 1.88 bits per heavy atom. The molecule has 0 bridgehead atoms. The van der Waals surface area contributed by atoms with Crippen molar-refractivity contribution in [2.45, 2.75) is 19.9 Å². The number of halogens is 1. The minimum absolute atomic E-state index is 0.151. The maximum Gasteiger partial charge on any atom is 0.328 e. The van der Waals surface area contributed by atoms with Gasteiger partial charge < -0.3 is 14.8 Å². The number of carbonyl (C=O) groups excluding carboxylic acids is 4. The van der Waals surface area contributed by atoms with Crippen LogP contribution in [0.2, 0.25) is 5.02 Å². The predicted molar refractivity (Wildman–Crippen MR) is 126 cm³/mol.